The lowest BCUT2D eigenvalue weighted by atomic mass is 9.78. The van der Waals surface area contributed by atoms with Gasteiger partial charge in [-0.3, -0.25) is 4.57 Å². The minimum atomic E-state index is -3.40. The zero-order valence-corrected chi connectivity index (χ0v) is 26.9. The summed E-state index contributed by atoms with van der Waals surface area (Å²) in [6.07, 6.45) is 0.236. The molecule has 0 saturated heterocycles. The third-order valence-corrected chi connectivity index (χ3v) is 8.63. The molecule has 2 rings (SSSR count). The lowest BCUT2D eigenvalue weighted by Crippen LogP contribution is -2.18. The van der Waals surface area contributed by atoms with E-state index in [9.17, 15) is 14.8 Å². The van der Waals surface area contributed by atoms with Crippen LogP contribution in [0, 0.1) is 0 Å². The molecule has 2 aromatic rings. The summed E-state index contributed by atoms with van der Waals surface area (Å²) in [5.41, 5.74) is 3.99. The molecule has 6 heteroatoms. The molecule has 0 aliphatic rings. The van der Waals surface area contributed by atoms with Gasteiger partial charge in [-0.2, -0.15) is 0 Å². The quantitative estimate of drug-likeness (QED) is 0.339. The molecule has 0 aliphatic carbocycles. The molecule has 0 amide bonds. The van der Waals surface area contributed by atoms with Gasteiger partial charge < -0.3 is 19.3 Å². The average molecular weight is 547 g/mol. The minimum Gasteiger partial charge on any atom is -0.507 e. The molecule has 0 saturated carbocycles. The van der Waals surface area contributed by atoms with Crippen LogP contribution < -0.4 is 0 Å². The number of benzene rings is 2. The van der Waals surface area contributed by atoms with Crippen molar-refractivity contribution in [3.05, 3.63) is 57.6 Å². The van der Waals surface area contributed by atoms with E-state index in [4.69, 9.17) is 9.05 Å². The highest BCUT2D eigenvalue weighted by atomic mass is 31.2. The topological polar surface area (TPSA) is 76.0 Å². The number of hydrogen-bond acceptors (Lipinski definition) is 5. The normalized spacial score (nSPS) is 13.7. The van der Waals surface area contributed by atoms with Crippen LogP contribution in [-0.2, 0) is 48.5 Å². The number of phenols is 2. The zero-order valence-electron chi connectivity index (χ0n) is 26.0. The first kappa shape index (κ1) is 32.4. The van der Waals surface area contributed by atoms with Gasteiger partial charge in [0.05, 0.1) is 13.2 Å². The van der Waals surface area contributed by atoms with E-state index < -0.39 is 7.60 Å². The maximum atomic E-state index is 13.6. The Morgan fingerprint density at radius 1 is 0.579 bits per heavy atom. The number of aromatic hydroxyl groups is 2. The molecule has 0 bridgehead atoms. The monoisotopic (exact) mass is 546 g/mol. The molecule has 0 heterocycles. The van der Waals surface area contributed by atoms with Crippen molar-refractivity contribution in [2.45, 2.75) is 125 Å². The van der Waals surface area contributed by atoms with Crippen LogP contribution in [0.2, 0.25) is 0 Å². The summed E-state index contributed by atoms with van der Waals surface area (Å²) in [7, 11) is -3.40. The van der Waals surface area contributed by atoms with Crippen LogP contribution in [0.15, 0.2) is 24.3 Å². The molecular weight excluding hydrogens is 495 g/mol. The summed E-state index contributed by atoms with van der Waals surface area (Å²) < 4.78 is 25.6. The van der Waals surface area contributed by atoms with E-state index in [-0.39, 0.29) is 41.0 Å². The molecule has 0 aliphatic heterocycles. The van der Waals surface area contributed by atoms with E-state index in [0.717, 1.165) is 33.4 Å². The largest absolute Gasteiger partial charge is 0.507 e. The van der Waals surface area contributed by atoms with Gasteiger partial charge in [0.25, 0.3) is 0 Å². The van der Waals surface area contributed by atoms with Crippen molar-refractivity contribution >= 4 is 7.60 Å². The zero-order chi connectivity index (χ0) is 29.5. The van der Waals surface area contributed by atoms with E-state index in [0.29, 0.717) is 11.5 Å². The number of hydrogen-bond donors (Lipinski definition) is 2. The molecule has 2 N–H and O–H groups in total. The molecule has 2 aromatic carbocycles. The second kappa shape index (κ2) is 11.0. The highest BCUT2D eigenvalue weighted by Crippen LogP contribution is 2.50. The molecule has 0 atom stereocenters. The molecule has 0 unspecified atom stereocenters. The van der Waals surface area contributed by atoms with Crippen molar-refractivity contribution in [1.82, 2.24) is 0 Å². The molecule has 0 spiro atoms. The number of rotatable bonds is 7. The predicted molar refractivity (Wildman–Crippen MR) is 159 cm³/mol. The fourth-order valence-corrected chi connectivity index (χ4v) is 5.54. The van der Waals surface area contributed by atoms with E-state index in [1.165, 1.54) is 0 Å². The molecule has 214 valence electrons. The van der Waals surface area contributed by atoms with Crippen LogP contribution in [0.5, 0.6) is 11.5 Å². The highest BCUT2D eigenvalue weighted by molar-refractivity contribution is 7.53. The van der Waals surface area contributed by atoms with Crippen LogP contribution in [0.4, 0.5) is 0 Å². The van der Waals surface area contributed by atoms with Crippen LogP contribution >= 0.6 is 7.60 Å². The first-order chi connectivity index (χ1) is 17.0. The van der Waals surface area contributed by atoms with Crippen molar-refractivity contribution in [3.8, 4) is 11.5 Å². The van der Waals surface area contributed by atoms with Crippen molar-refractivity contribution in [1.29, 1.82) is 0 Å². The molecular formula is C32H51O5P. The van der Waals surface area contributed by atoms with Crippen molar-refractivity contribution < 1.29 is 23.8 Å². The van der Waals surface area contributed by atoms with Gasteiger partial charge in [-0.05, 0) is 79.3 Å². The van der Waals surface area contributed by atoms with Crippen LogP contribution in [0.1, 0.15) is 123 Å². The van der Waals surface area contributed by atoms with Gasteiger partial charge in [0.1, 0.15) is 11.5 Å². The van der Waals surface area contributed by atoms with E-state index in [1.807, 2.05) is 24.3 Å². The summed E-state index contributed by atoms with van der Waals surface area (Å²) >= 11 is 0. The minimum absolute atomic E-state index is 0.119. The fraction of sp³-hybridized carbons (Fsp3) is 0.625. The van der Waals surface area contributed by atoms with Gasteiger partial charge in [0.2, 0.25) is 0 Å². The summed E-state index contributed by atoms with van der Waals surface area (Å²) in [6.45, 7) is 26.8. The SMILES string of the molecule is CCP(=O)(OCc1cc(C(C)(C)C)c(O)c(C(C)(C)C)c1)OCc1cc(C(C)(C)C)c(O)c(C(C)(C)C)c1. The predicted octanol–water partition coefficient (Wildman–Crippen LogP) is 9.23. The Morgan fingerprint density at radius 3 is 1.00 bits per heavy atom. The Kier molecular flexibility index (Phi) is 9.37. The highest BCUT2D eigenvalue weighted by Gasteiger charge is 2.30. The molecule has 0 radical (unpaired) electrons. The fourth-order valence-electron chi connectivity index (χ4n) is 4.41. The van der Waals surface area contributed by atoms with Gasteiger partial charge in [-0.15, -0.1) is 0 Å². The van der Waals surface area contributed by atoms with Gasteiger partial charge in [-0.1, -0.05) is 90.0 Å². The molecule has 5 nitrogen and oxygen atoms in total. The standard InChI is InChI=1S/C32H51O5P/c1-14-38(35,36-19-21-15-23(29(2,3)4)27(33)24(16-21)30(5,6)7)37-20-22-17-25(31(8,9)10)28(34)26(18-22)32(11,12)13/h15-18,33-34H,14,19-20H2,1-13H3. The van der Waals surface area contributed by atoms with Gasteiger partial charge >= 0.3 is 7.60 Å². The second-order valence-corrected chi connectivity index (χ2v) is 16.9. The summed E-state index contributed by atoms with van der Waals surface area (Å²) in [4.78, 5) is 0. The first-order valence-electron chi connectivity index (χ1n) is 13.6. The van der Waals surface area contributed by atoms with Crippen LogP contribution in [-0.4, -0.2) is 16.4 Å². The molecule has 0 fully saturated rings. The Labute approximate surface area is 231 Å². The van der Waals surface area contributed by atoms with Gasteiger partial charge in [0, 0.05) is 6.16 Å². The summed E-state index contributed by atoms with van der Waals surface area (Å²) in [6, 6.07) is 7.76. The second-order valence-electron chi connectivity index (χ2n) is 14.6. The first-order valence-corrected chi connectivity index (χ1v) is 15.3. The lowest BCUT2D eigenvalue weighted by Gasteiger charge is -2.29. The Balaban J connectivity index is 2.37. The van der Waals surface area contributed by atoms with Gasteiger partial charge in [0.15, 0.2) is 0 Å². The lowest BCUT2D eigenvalue weighted by molar-refractivity contribution is 0.192. The van der Waals surface area contributed by atoms with E-state index in [2.05, 4.69) is 83.1 Å². The van der Waals surface area contributed by atoms with Crippen molar-refractivity contribution in [2.24, 2.45) is 0 Å². The van der Waals surface area contributed by atoms with E-state index >= 15 is 0 Å². The summed E-state index contributed by atoms with van der Waals surface area (Å²) in [5, 5.41) is 22.0. The van der Waals surface area contributed by atoms with E-state index in [1.54, 1.807) is 6.92 Å². The Morgan fingerprint density at radius 2 is 0.816 bits per heavy atom. The third kappa shape index (κ3) is 7.87. The maximum absolute atomic E-state index is 13.6. The third-order valence-electron chi connectivity index (χ3n) is 6.81. The van der Waals surface area contributed by atoms with Crippen molar-refractivity contribution in [2.75, 3.05) is 6.16 Å². The maximum Gasteiger partial charge on any atom is 0.331 e. The molecule has 38 heavy (non-hydrogen) atoms. The van der Waals surface area contributed by atoms with Crippen molar-refractivity contribution in [3.63, 3.8) is 0 Å². The van der Waals surface area contributed by atoms with Gasteiger partial charge in [-0.25, -0.2) is 0 Å². The average Bonchev–Trinajstić information content (AvgIpc) is 2.74. The number of phenolic OH excluding ortho intramolecular Hbond substituents is 2. The summed E-state index contributed by atoms with van der Waals surface area (Å²) in [5.74, 6) is 0.612. The Hall–Kier alpha value is -1.81. The van der Waals surface area contributed by atoms with Crippen LogP contribution in [0.25, 0.3) is 0 Å². The molecule has 0 aromatic heterocycles. The Bertz CT molecular complexity index is 1020. The smallest absolute Gasteiger partial charge is 0.331 e. The van der Waals surface area contributed by atoms with Crippen LogP contribution in [0.3, 0.4) is 0 Å².